The van der Waals surface area contributed by atoms with Crippen LogP contribution >= 0.6 is 0 Å². The molecule has 0 unspecified atom stereocenters. The van der Waals surface area contributed by atoms with Crippen LogP contribution in [0.3, 0.4) is 0 Å². The number of methoxy groups -OCH3 is 2. The lowest BCUT2D eigenvalue weighted by atomic mass is 10.1. The van der Waals surface area contributed by atoms with Gasteiger partial charge in [0.05, 0.1) is 13.7 Å². The lowest BCUT2D eigenvalue weighted by Gasteiger charge is -2.29. The molecule has 0 saturated carbocycles. The number of hydrogen-bond donors (Lipinski definition) is 0. The Bertz CT molecular complexity index is 226. The van der Waals surface area contributed by atoms with Gasteiger partial charge >= 0.3 is 11.9 Å². The fourth-order valence-corrected chi connectivity index (χ4v) is 1.57. The Balaban J connectivity index is 4.63. The zero-order chi connectivity index (χ0) is 12.6. The van der Waals surface area contributed by atoms with Crippen molar-refractivity contribution in [2.45, 2.75) is 32.7 Å². The molecule has 0 rings (SSSR count). The molecule has 5 heteroatoms. The Morgan fingerprint density at radius 3 is 2.12 bits per heavy atom. The fourth-order valence-electron chi connectivity index (χ4n) is 1.57. The topological polar surface area (TPSA) is 55.8 Å². The molecule has 0 radical (unpaired) electrons. The van der Waals surface area contributed by atoms with Gasteiger partial charge in [-0.3, -0.25) is 4.79 Å². The van der Waals surface area contributed by atoms with Crippen LogP contribution in [-0.4, -0.2) is 50.2 Å². The first-order chi connectivity index (χ1) is 7.62. The van der Waals surface area contributed by atoms with E-state index in [0.29, 0.717) is 13.2 Å². The maximum absolute atomic E-state index is 11.7. The van der Waals surface area contributed by atoms with Crippen molar-refractivity contribution >= 4 is 11.9 Å². The molecule has 0 spiro atoms. The summed E-state index contributed by atoms with van der Waals surface area (Å²) in [5.41, 5.74) is 0. The summed E-state index contributed by atoms with van der Waals surface area (Å²) in [5, 5.41) is 0. The van der Waals surface area contributed by atoms with E-state index in [1.54, 1.807) is 7.11 Å². The van der Waals surface area contributed by atoms with Crippen molar-refractivity contribution in [3.8, 4) is 0 Å². The van der Waals surface area contributed by atoms with Crippen LogP contribution in [0.2, 0.25) is 0 Å². The SMILES string of the molecule is CCC(CC)N(CCOC)C(=O)C(=O)OC. The summed E-state index contributed by atoms with van der Waals surface area (Å²) < 4.78 is 9.37. The third kappa shape index (κ3) is 4.18. The zero-order valence-corrected chi connectivity index (χ0v) is 10.5. The maximum atomic E-state index is 11.7. The van der Waals surface area contributed by atoms with Gasteiger partial charge in [-0.1, -0.05) is 13.8 Å². The Morgan fingerprint density at radius 1 is 1.19 bits per heavy atom. The maximum Gasteiger partial charge on any atom is 0.396 e. The molecule has 0 aromatic rings. The molecule has 0 fully saturated rings. The number of carbonyl (C=O) groups excluding carboxylic acids is 2. The first-order valence-electron chi connectivity index (χ1n) is 5.50. The van der Waals surface area contributed by atoms with E-state index in [-0.39, 0.29) is 6.04 Å². The average molecular weight is 231 g/mol. The van der Waals surface area contributed by atoms with E-state index in [2.05, 4.69) is 4.74 Å². The molecule has 1 amide bonds. The van der Waals surface area contributed by atoms with Gasteiger partial charge in [-0.2, -0.15) is 0 Å². The highest BCUT2D eigenvalue weighted by atomic mass is 16.5. The van der Waals surface area contributed by atoms with Crippen molar-refractivity contribution < 1.29 is 19.1 Å². The molecule has 0 aliphatic carbocycles. The fraction of sp³-hybridized carbons (Fsp3) is 0.818. The average Bonchev–Trinajstić information content (AvgIpc) is 2.32. The second kappa shape index (κ2) is 8.10. The predicted molar refractivity (Wildman–Crippen MR) is 60.0 cm³/mol. The Kier molecular flexibility index (Phi) is 7.54. The van der Waals surface area contributed by atoms with Crippen LogP contribution < -0.4 is 0 Å². The number of ether oxygens (including phenoxy) is 2. The van der Waals surface area contributed by atoms with Gasteiger partial charge in [0.1, 0.15) is 0 Å². The second-order valence-corrected chi connectivity index (χ2v) is 3.45. The third-order valence-corrected chi connectivity index (χ3v) is 2.54. The minimum absolute atomic E-state index is 0.0572. The Hall–Kier alpha value is -1.10. The predicted octanol–water partition coefficient (Wildman–Crippen LogP) is 0.823. The number of nitrogens with zero attached hydrogens (tertiary/aromatic N) is 1. The normalized spacial score (nSPS) is 10.3. The summed E-state index contributed by atoms with van der Waals surface area (Å²) in [6.45, 7) is 4.80. The molecule has 5 nitrogen and oxygen atoms in total. The van der Waals surface area contributed by atoms with E-state index in [1.807, 2.05) is 13.8 Å². The van der Waals surface area contributed by atoms with Crippen LogP contribution in [0.5, 0.6) is 0 Å². The molecule has 0 aliphatic heterocycles. The highest BCUT2D eigenvalue weighted by Crippen LogP contribution is 2.09. The first-order valence-corrected chi connectivity index (χ1v) is 5.50. The molecule has 94 valence electrons. The van der Waals surface area contributed by atoms with Crippen LogP contribution in [0.4, 0.5) is 0 Å². The van der Waals surface area contributed by atoms with E-state index in [1.165, 1.54) is 12.0 Å². The van der Waals surface area contributed by atoms with Crippen molar-refractivity contribution in [3.05, 3.63) is 0 Å². The van der Waals surface area contributed by atoms with Crippen LogP contribution in [0.25, 0.3) is 0 Å². The molecule has 0 atom stereocenters. The smallest absolute Gasteiger partial charge is 0.396 e. The monoisotopic (exact) mass is 231 g/mol. The van der Waals surface area contributed by atoms with Crippen molar-refractivity contribution in [2.75, 3.05) is 27.4 Å². The summed E-state index contributed by atoms with van der Waals surface area (Å²) >= 11 is 0. The van der Waals surface area contributed by atoms with Crippen molar-refractivity contribution in [1.82, 2.24) is 4.90 Å². The molecular weight excluding hydrogens is 210 g/mol. The van der Waals surface area contributed by atoms with Crippen LogP contribution in [-0.2, 0) is 19.1 Å². The van der Waals surface area contributed by atoms with Gasteiger partial charge in [0.2, 0.25) is 0 Å². The molecule has 0 aromatic carbocycles. The van der Waals surface area contributed by atoms with Crippen molar-refractivity contribution in [2.24, 2.45) is 0 Å². The molecular formula is C11H21NO4. The van der Waals surface area contributed by atoms with E-state index < -0.39 is 11.9 Å². The third-order valence-electron chi connectivity index (χ3n) is 2.54. The molecule has 0 bridgehead atoms. The van der Waals surface area contributed by atoms with Gasteiger partial charge in [-0.25, -0.2) is 4.79 Å². The van der Waals surface area contributed by atoms with E-state index in [9.17, 15) is 9.59 Å². The van der Waals surface area contributed by atoms with Crippen LogP contribution in [0, 0.1) is 0 Å². The van der Waals surface area contributed by atoms with Crippen molar-refractivity contribution in [3.63, 3.8) is 0 Å². The highest BCUT2D eigenvalue weighted by Gasteiger charge is 2.26. The minimum atomic E-state index is -0.817. The highest BCUT2D eigenvalue weighted by molar-refractivity contribution is 6.32. The standard InChI is InChI=1S/C11H21NO4/c1-5-9(6-2)12(7-8-15-3)10(13)11(14)16-4/h9H,5-8H2,1-4H3. The lowest BCUT2D eigenvalue weighted by Crippen LogP contribution is -2.45. The largest absolute Gasteiger partial charge is 0.462 e. The summed E-state index contributed by atoms with van der Waals surface area (Å²) in [6, 6.07) is 0.0572. The molecule has 0 saturated heterocycles. The van der Waals surface area contributed by atoms with Gasteiger partial charge in [0.15, 0.2) is 0 Å². The van der Waals surface area contributed by atoms with Gasteiger partial charge < -0.3 is 14.4 Å². The van der Waals surface area contributed by atoms with E-state index in [4.69, 9.17) is 4.74 Å². The number of esters is 1. The summed E-state index contributed by atoms with van der Waals surface area (Å²) in [6.07, 6.45) is 1.62. The molecule has 0 N–H and O–H groups in total. The second-order valence-electron chi connectivity index (χ2n) is 3.45. The van der Waals surface area contributed by atoms with Gasteiger partial charge in [-0.05, 0) is 12.8 Å². The quantitative estimate of drug-likeness (QED) is 0.501. The molecule has 16 heavy (non-hydrogen) atoms. The summed E-state index contributed by atoms with van der Waals surface area (Å²) in [4.78, 5) is 24.5. The Labute approximate surface area is 96.7 Å². The van der Waals surface area contributed by atoms with Crippen LogP contribution in [0.1, 0.15) is 26.7 Å². The number of hydrogen-bond acceptors (Lipinski definition) is 4. The zero-order valence-electron chi connectivity index (χ0n) is 10.5. The first kappa shape index (κ1) is 14.9. The summed E-state index contributed by atoms with van der Waals surface area (Å²) in [5.74, 6) is -1.41. The minimum Gasteiger partial charge on any atom is -0.462 e. The number of carbonyl (C=O) groups is 2. The molecule has 0 heterocycles. The van der Waals surface area contributed by atoms with E-state index >= 15 is 0 Å². The lowest BCUT2D eigenvalue weighted by molar-refractivity contribution is -0.159. The van der Waals surface area contributed by atoms with E-state index in [0.717, 1.165) is 12.8 Å². The number of rotatable bonds is 6. The molecule has 0 aromatic heterocycles. The molecule has 0 aliphatic rings. The van der Waals surface area contributed by atoms with Gasteiger partial charge in [0, 0.05) is 19.7 Å². The Morgan fingerprint density at radius 2 is 1.75 bits per heavy atom. The number of amides is 1. The van der Waals surface area contributed by atoms with Crippen LogP contribution in [0.15, 0.2) is 0 Å². The van der Waals surface area contributed by atoms with Crippen molar-refractivity contribution in [1.29, 1.82) is 0 Å². The summed E-state index contributed by atoms with van der Waals surface area (Å²) in [7, 11) is 2.77. The van der Waals surface area contributed by atoms with Gasteiger partial charge in [0.25, 0.3) is 0 Å². The van der Waals surface area contributed by atoms with Gasteiger partial charge in [-0.15, -0.1) is 0 Å².